The van der Waals surface area contributed by atoms with Gasteiger partial charge in [-0.15, -0.1) is 11.3 Å². The average Bonchev–Trinajstić information content (AvgIpc) is 2.82. The summed E-state index contributed by atoms with van der Waals surface area (Å²) in [6.07, 6.45) is 1.59. The number of nitrogens with two attached hydrogens (primary N) is 1. The molecule has 2 heterocycles. The lowest BCUT2D eigenvalue weighted by molar-refractivity contribution is 0.0955. The molecule has 106 valence electrons. The van der Waals surface area contributed by atoms with E-state index < -0.39 is 0 Å². The molecule has 3 rings (SSSR count). The molecule has 0 atom stereocenters. The molecule has 0 aliphatic heterocycles. The fourth-order valence-corrected chi connectivity index (χ4v) is 3.21. The third kappa shape index (κ3) is 2.71. The van der Waals surface area contributed by atoms with Crippen LogP contribution >= 0.6 is 11.3 Å². The lowest BCUT2D eigenvalue weighted by Gasteiger charge is -2.03. The normalized spacial score (nSPS) is 10.7. The molecule has 0 saturated heterocycles. The number of hydrogen-bond donors (Lipinski definition) is 2. The molecule has 0 saturated carbocycles. The molecule has 0 spiro atoms. The minimum Gasteiger partial charge on any atom is -0.397 e. The molecule has 0 radical (unpaired) electrons. The van der Waals surface area contributed by atoms with Crippen LogP contribution in [0.25, 0.3) is 10.1 Å². The molecule has 3 aromatic rings. The highest BCUT2D eigenvalue weighted by Crippen LogP contribution is 2.34. The van der Waals surface area contributed by atoms with Gasteiger partial charge in [0.15, 0.2) is 0 Å². The van der Waals surface area contributed by atoms with Gasteiger partial charge >= 0.3 is 0 Å². The van der Waals surface area contributed by atoms with Crippen LogP contribution in [0.3, 0.4) is 0 Å². The van der Waals surface area contributed by atoms with E-state index in [4.69, 9.17) is 5.73 Å². The summed E-state index contributed by atoms with van der Waals surface area (Å²) in [4.78, 5) is 12.8. The van der Waals surface area contributed by atoms with Crippen LogP contribution in [-0.4, -0.2) is 16.1 Å². The van der Waals surface area contributed by atoms with Crippen LogP contribution in [0.1, 0.15) is 20.9 Å². The van der Waals surface area contributed by atoms with E-state index in [0.717, 1.165) is 15.6 Å². The van der Waals surface area contributed by atoms with Crippen molar-refractivity contribution in [2.24, 2.45) is 0 Å². The van der Waals surface area contributed by atoms with Crippen molar-refractivity contribution >= 4 is 33.0 Å². The summed E-state index contributed by atoms with van der Waals surface area (Å²) < 4.78 is 1.03. The second-order valence-corrected chi connectivity index (χ2v) is 5.79. The van der Waals surface area contributed by atoms with Gasteiger partial charge in [-0.2, -0.15) is 10.2 Å². The van der Waals surface area contributed by atoms with E-state index in [-0.39, 0.29) is 5.91 Å². The first-order chi connectivity index (χ1) is 10.1. The second kappa shape index (κ2) is 5.49. The molecule has 0 fully saturated rings. The maximum absolute atomic E-state index is 12.3. The predicted octanol–water partition coefficient (Wildman–Crippen LogP) is 2.51. The van der Waals surface area contributed by atoms with Crippen molar-refractivity contribution in [1.82, 2.24) is 15.5 Å². The molecule has 0 aliphatic rings. The van der Waals surface area contributed by atoms with E-state index >= 15 is 0 Å². The average molecular weight is 298 g/mol. The maximum atomic E-state index is 12.3. The summed E-state index contributed by atoms with van der Waals surface area (Å²) in [5, 5.41) is 11.4. The number of fused-ring (bicyclic) bond motifs is 1. The van der Waals surface area contributed by atoms with Crippen LogP contribution in [0.5, 0.6) is 0 Å². The zero-order chi connectivity index (χ0) is 14.8. The molecular weight excluding hydrogens is 284 g/mol. The summed E-state index contributed by atoms with van der Waals surface area (Å²) in [5.74, 6) is -0.183. The van der Waals surface area contributed by atoms with Gasteiger partial charge in [-0.05, 0) is 30.7 Å². The molecular formula is C15H14N4OS. The van der Waals surface area contributed by atoms with Gasteiger partial charge in [0.1, 0.15) is 4.88 Å². The molecule has 0 aliphatic carbocycles. The monoisotopic (exact) mass is 298 g/mol. The third-order valence-electron chi connectivity index (χ3n) is 3.15. The number of nitrogens with one attached hydrogen (secondary N) is 1. The van der Waals surface area contributed by atoms with Gasteiger partial charge in [0.2, 0.25) is 0 Å². The number of carbonyl (C=O) groups excluding carboxylic acids is 1. The van der Waals surface area contributed by atoms with Crippen molar-refractivity contribution in [3.8, 4) is 0 Å². The largest absolute Gasteiger partial charge is 0.397 e. The number of thiophene rings is 1. The van der Waals surface area contributed by atoms with Crippen molar-refractivity contribution in [2.75, 3.05) is 5.73 Å². The predicted molar refractivity (Wildman–Crippen MR) is 84.2 cm³/mol. The molecule has 6 heteroatoms. The number of carbonyl (C=O) groups is 1. The Labute approximate surface area is 125 Å². The van der Waals surface area contributed by atoms with Crippen LogP contribution in [0.15, 0.2) is 36.5 Å². The molecule has 2 aromatic heterocycles. The first-order valence-corrected chi connectivity index (χ1v) is 7.30. The van der Waals surface area contributed by atoms with E-state index in [2.05, 4.69) is 15.5 Å². The van der Waals surface area contributed by atoms with E-state index in [1.807, 2.05) is 31.2 Å². The first kappa shape index (κ1) is 13.5. The van der Waals surface area contributed by atoms with Gasteiger partial charge in [0, 0.05) is 16.3 Å². The Morgan fingerprint density at radius 1 is 1.38 bits per heavy atom. The van der Waals surface area contributed by atoms with Gasteiger partial charge in [0.25, 0.3) is 5.91 Å². The minimum absolute atomic E-state index is 0.183. The molecule has 0 unspecified atom stereocenters. The number of nitrogen functional groups attached to an aromatic ring is 1. The highest BCUT2D eigenvalue weighted by atomic mass is 32.1. The Morgan fingerprint density at radius 2 is 2.24 bits per heavy atom. The SMILES string of the molecule is Cc1ccc2c(N)c(C(=O)NCc3cccnn3)sc2c1. The number of rotatable bonds is 3. The van der Waals surface area contributed by atoms with Crippen molar-refractivity contribution in [3.63, 3.8) is 0 Å². The Bertz CT molecular complexity index is 798. The van der Waals surface area contributed by atoms with Crippen molar-refractivity contribution in [1.29, 1.82) is 0 Å². The molecule has 0 bridgehead atoms. The Kier molecular flexibility index (Phi) is 3.53. The summed E-state index contributed by atoms with van der Waals surface area (Å²) in [6, 6.07) is 9.58. The standard InChI is InChI=1S/C15H14N4OS/c1-9-4-5-11-12(7-9)21-14(13(11)16)15(20)17-8-10-3-2-6-18-19-10/h2-7H,8,16H2,1H3,(H,17,20). The highest BCUT2D eigenvalue weighted by molar-refractivity contribution is 7.21. The number of benzene rings is 1. The van der Waals surface area contributed by atoms with Gasteiger partial charge in [-0.3, -0.25) is 4.79 Å². The van der Waals surface area contributed by atoms with Crippen molar-refractivity contribution in [2.45, 2.75) is 13.5 Å². The quantitative estimate of drug-likeness (QED) is 0.778. The lowest BCUT2D eigenvalue weighted by Crippen LogP contribution is -2.23. The number of anilines is 1. The van der Waals surface area contributed by atoms with E-state index in [9.17, 15) is 4.79 Å². The van der Waals surface area contributed by atoms with Gasteiger partial charge in [-0.25, -0.2) is 0 Å². The fraction of sp³-hybridized carbons (Fsp3) is 0.133. The van der Waals surface area contributed by atoms with Crippen LogP contribution < -0.4 is 11.1 Å². The third-order valence-corrected chi connectivity index (χ3v) is 4.31. The first-order valence-electron chi connectivity index (χ1n) is 6.48. The topological polar surface area (TPSA) is 80.9 Å². The zero-order valence-electron chi connectivity index (χ0n) is 11.5. The van der Waals surface area contributed by atoms with Gasteiger partial charge in [-0.1, -0.05) is 12.1 Å². The van der Waals surface area contributed by atoms with Crippen molar-refractivity contribution in [3.05, 3.63) is 52.7 Å². The number of aromatic nitrogens is 2. The molecule has 1 amide bonds. The summed E-state index contributed by atoms with van der Waals surface area (Å²) >= 11 is 1.41. The zero-order valence-corrected chi connectivity index (χ0v) is 12.3. The molecule has 5 nitrogen and oxygen atoms in total. The van der Waals surface area contributed by atoms with E-state index in [1.165, 1.54) is 11.3 Å². The Hall–Kier alpha value is -2.47. The lowest BCUT2D eigenvalue weighted by atomic mass is 10.1. The van der Waals surface area contributed by atoms with E-state index in [0.29, 0.717) is 22.8 Å². The summed E-state index contributed by atoms with van der Waals surface area (Å²) in [7, 11) is 0. The van der Waals surface area contributed by atoms with Gasteiger partial charge < -0.3 is 11.1 Å². The Morgan fingerprint density at radius 3 is 3.00 bits per heavy atom. The van der Waals surface area contributed by atoms with Crippen LogP contribution in [0, 0.1) is 6.92 Å². The van der Waals surface area contributed by atoms with Crippen LogP contribution in [-0.2, 0) is 6.54 Å². The summed E-state index contributed by atoms with van der Waals surface area (Å²) in [5.41, 5.74) is 8.47. The Balaban J connectivity index is 1.83. The van der Waals surface area contributed by atoms with E-state index in [1.54, 1.807) is 12.3 Å². The van der Waals surface area contributed by atoms with Gasteiger partial charge in [0.05, 0.1) is 17.9 Å². The van der Waals surface area contributed by atoms with Crippen LogP contribution in [0.4, 0.5) is 5.69 Å². The number of aryl methyl sites for hydroxylation is 1. The summed E-state index contributed by atoms with van der Waals surface area (Å²) in [6.45, 7) is 2.35. The number of nitrogens with zero attached hydrogens (tertiary/aromatic N) is 2. The smallest absolute Gasteiger partial charge is 0.263 e. The molecule has 1 aromatic carbocycles. The fourth-order valence-electron chi connectivity index (χ4n) is 2.07. The van der Waals surface area contributed by atoms with Crippen molar-refractivity contribution < 1.29 is 4.79 Å². The number of hydrogen-bond acceptors (Lipinski definition) is 5. The number of amides is 1. The minimum atomic E-state index is -0.183. The molecule has 21 heavy (non-hydrogen) atoms. The second-order valence-electron chi connectivity index (χ2n) is 4.74. The maximum Gasteiger partial charge on any atom is 0.263 e. The van der Waals surface area contributed by atoms with Crippen LogP contribution in [0.2, 0.25) is 0 Å². The molecule has 3 N–H and O–H groups in total. The highest BCUT2D eigenvalue weighted by Gasteiger charge is 2.16.